The fourth-order valence-corrected chi connectivity index (χ4v) is 3.33. The number of pyridine rings is 1. The molecule has 90 valence electrons. The second-order valence-corrected chi connectivity index (χ2v) is 4.80. The molecule has 2 aliphatic heterocycles. The van der Waals surface area contributed by atoms with E-state index in [0.29, 0.717) is 18.0 Å². The summed E-state index contributed by atoms with van der Waals surface area (Å²) < 4.78 is 4.87. The van der Waals surface area contributed by atoms with Crippen molar-refractivity contribution in [3.05, 3.63) is 30.1 Å². The van der Waals surface area contributed by atoms with Crippen molar-refractivity contribution in [3.8, 4) is 0 Å². The molecule has 2 fully saturated rings. The number of hydrogen-bond acceptors (Lipinski definition) is 3. The Morgan fingerprint density at radius 2 is 2.41 bits per heavy atom. The predicted octanol–water partition coefficient (Wildman–Crippen LogP) is 2.17. The molecule has 2 bridgehead atoms. The highest BCUT2D eigenvalue weighted by atomic mass is 16.5. The molecule has 0 N–H and O–H groups in total. The third-order valence-corrected chi connectivity index (χ3v) is 4.03. The molecule has 1 amide bonds. The number of nitrogens with zero attached hydrogens (tertiary/aromatic N) is 2. The molecule has 2 saturated heterocycles. The van der Waals surface area contributed by atoms with Gasteiger partial charge in [0.05, 0.1) is 7.11 Å². The standard InChI is InChI=1S/C13H16N2O2/c1-17-13(16)15-10-4-5-12(15)11(7-10)9-3-2-6-14-8-9/h2-3,6,8,10-12H,4-5,7H2,1H3/t10-,11+,12+/m1/s1. The summed E-state index contributed by atoms with van der Waals surface area (Å²) in [4.78, 5) is 17.8. The van der Waals surface area contributed by atoms with Gasteiger partial charge in [0.1, 0.15) is 0 Å². The van der Waals surface area contributed by atoms with E-state index in [4.69, 9.17) is 4.74 Å². The molecular formula is C13H16N2O2. The molecule has 4 nitrogen and oxygen atoms in total. The summed E-state index contributed by atoms with van der Waals surface area (Å²) in [5, 5.41) is 0. The Bertz CT molecular complexity index is 421. The van der Waals surface area contributed by atoms with Crippen molar-refractivity contribution < 1.29 is 9.53 Å². The Kier molecular flexibility index (Phi) is 2.50. The lowest BCUT2D eigenvalue weighted by molar-refractivity contribution is 0.116. The van der Waals surface area contributed by atoms with Gasteiger partial charge >= 0.3 is 6.09 Å². The quantitative estimate of drug-likeness (QED) is 0.745. The molecule has 0 spiro atoms. The molecule has 0 aliphatic carbocycles. The van der Waals surface area contributed by atoms with E-state index in [2.05, 4.69) is 11.1 Å². The summed E-state index contributed by atoms with van der Waals surface area (Å²) in [6, 6.07) is 4.73. The SMILES string of the molecule is COC(=O)N1[C@@H]2CC[C@H]1[C@H](c1cccnc1)C2. The topological polar surface area (TPSA) is 42.4 Å². The number of rotatable bonds is 1. The van der Waals surface area contributed by atoms with E-state index in [9.17, 15) is 4.79 Å². The number of aromatic nitrogens is 1. The van der Waals surface area contributed by atoms with Gasteiger partial charge in [0.25, 0.3) is 0 Å². The first kappa shape index (κ1) is 10.6. The lowest BCUT2D eigenvalue weighted by Gasteiger charge is -2.23. The number of methoxy groups -OCH3 is 1. The average Bonchev–Trinajstić information content (AvgIpc) is 2.96. The van der Waals surface area contributed by atoms with Crippen LogP contribution in [0.15, 0.2) is 24.5 Å². The van der Waals surface area contributed by atoms with Gasteiger partial charge in [-0.3, -0.25) is 4.98 Å². The molecule has 1 aromatic rings. The van der Waals surface area contributed by atoms with E-state index in [1.807, 2.05) is 17.2 Å². The summed E-state index contributed by atoms with van der Waals surface area (Å²) >= 11 is 0. The fourth-order valence-electron chi connectivity index (χ4n) is 3.33. The van der Waals surface area contributed by atoms with E-state index in [1.165, 1.54) is 12.7 Å². The van der Waals surface area contributed by atoms with Crippen LogP contribution < -0.4 is 0 Å². The molecule has 1 aromatic heterocycles. The second-order valence-electron chi connectivity index (χ2n) is 4.80. The van der Waals surface area contributed by atoms with Crippen molar-refractivity contribution in [2.24, 2.45) is 0 Å². The van der Waals surface area contributed by atoms with Gasteiger partial charge < -0.3 is 9.64 Å². The number of carbonyl (C=O) groups is 1. The summed E-state index contributed by atoms with van der Waals surface area (Å²) in [5.74, 6) is 0.432. The van der Waals surface area contributed by atoms with Crippen LogP contribution in [0, 0.1) is 0 Å². The molecule has 0 aromatic carbocycles. The number of amides is 1. The highest BCUT2D eigenvalue weighted by Crippen LogP contribution is 2.46. The molecule has 0 radical (unpaired) electrons. The van der Waals surface area contributed by atoms with Gasteiger partial charge in [0.15, 0.2) is 0 Å². The molecule has 0 saturated carbocycles. The van der Waals surface area contributed by atoms with Gasteiger partial charge in [-0.2, -0.15) is 0 Å². The van der Waals surface area contributed by atoms with E-state index in [-0.39, 0.29) is 6.09 Å². The maximum Gasteiger partial charge on any atom is 0.410 e. The van der Waals surface area contributed by atoms with E-state index < -0.39 is 0 Å². The van der Waals surface area contributed by atoms with Crippen molar-refractivity contribution in [2.45, 2.75) is 37.3 Å². The van der Waals surface area contributed by atoms with Gasteiger partial charge in [-0.1, -0.05) is 6.07 Å². The number of carbonyl (C=O) groups excluding carboxylic acids is 1. The lowest BCUT2D eigenvalue weighted by atomic mass is 9.85. The minimum absolute atomic E-state index is 0.177. The zero-order chi connectivity index (χ0) is 11.8. The highest BCUT2D eigenvalue weighted by molar-refractivity contribution is 5.69. The van der Waals surface area contributed by atoms with Crippen LogP contribution in [-0.2, 0) is 4.74 Å². The lowest BCUT2D eigenvalue weighted by Crippen LogP contribution is -2.35. The molecule has 0 unspecified atom stereocenters. The predicted molar refractivity (Wildman–Crippen MR) is 62.6 cm³/mol. The normalized spacial score (nSPS) is 30.6. The Hall–Kier alpha value is -1.58. The maximum atomic E-state index is 11.7. The molecule has 3 atom stereocenters. The van der Waals surface area contributed by atoms with Crippen LogP contribution in [0.2, 0.25) is 0 Å². The minimum Gasteiger partial charge on any atom is -0.453 e. The van der Waals surface area contributed by atoms with Crippen molar-refractivity contribution in [1.29, 1.82) is 0 Å². The van der Waals surface area contributed by atoms with Gasteiger partial charge in [0, 0.05) is 30.4 Å². The third kappa shape index (κ3) is 1.59. The zero-order valence-corrected chi connectivity index (χ0v) is 9.87. The minimum atomic E-state index is -0.177. The van der Waals surface area contributed by atoms with Crippen LogP contribution >= 0.6 is 0 Å². The smallest absolute Gasteiger partial charge is 0.410 e. The Morgan fingerprint density at radius 3 is 3.12 bits per heavy atom. The first-order valence-corrected chi connectivity index (χ1v) is 6.07. The van der Waals surface area contributed by atoms with Crippen LogP contribution in [0.4, 0.5) is 4.79 Å². The number of fused-ring (bicyclic) bond motifs is 2. The summed E-state index contributed by atoms with van der Waals surface area (Å²) in [6.45, 7) is 0. The number of ether oxygens (including phenoxy) is 1. The maximum absolute atomic E-state index is 11.7. The van der Waals surface area contributed by atoms with Crippen molar-refractivity contribution in [1.82, 2.24) is 9.88 Å². The van der Waals surface area contributed by atoms with Gasteiger partial charge in [-0.25, -0.2) is 4.79 Å². The van der Waals surface area contributed by atoms with Crippen molar-refractivity contribution >= 4 is 6.09 Å². The van der Waals surface area contributed by atoms with Gasteiger partial charge in [-0.05, 0) is 30.9 Å². The number of hydrogen-bond donors (Lipinski definition) is 0. The van der Waals surface area contributed by atoms with E-state index in [1.54, 1.807) is 6.20 Å². The Balaban J connectivity index is 1.86. The van der Waals surface area contributed by atoms with Crippen LogP contribution in [0.5, 0.6) is 0 Å². The van der Waals surface area contributed by atoms with Crippen molar-refractivity contribution in [3.63, 3.8) is 0 Å². The monoisotopic (exact) mass is 232 g/mol. The Labute approximate surface area is 101 Å². The summed E-state index contributed by atoms with van der Waals surface area (Å²) in [5.41, 5.74) is 1.24. The van der Waals surface area contributed by atoms with Crippen LogP contribution in [0.1, 0.15) is 30.7 Å². The van der Waals surface area contributed by atoms with E-state index in [0.717, 1.165) is 19.3 Å². The van der Waals surface area contributed by atoms with Gasteiger partial charge in [-0.15, -0.1) is 0 Å². The zero-order valence-electron chi connectivity index (χ0n) is 9.87. The largest absolute Gasteiger partial charge is 0.453 e. The Morgan fingerprint density at radius 1 is 1.53 bits per heavy atom. The summed E-state index contributed by atoms with van der Waals surface area (Å²) in [6.07, 6.45) is 6.76. The van der Waals surface area contributed by atoms with Crippen LogP contribution in [0.3, 0.4) is 0 Å². The molecule has 3 rings (SSSR count). The molecule has 2 aliphatic rings. The first-order valence-electron chi connectivity index (χ1n) is 6.07. The van der Waals surface area contributed by atoms with Gasteiger partial charge in [0.2, 0.25) is 0 Å². The summed E-state index contributed by atoms with van der Waals surface area (Å²) in [7, 11) is 1.46. The molecule has 3 heterocycles. The average molecular weight is 232 g/mol. The second kappa shape index (κ2) is 4.02. The third-order valence-electron chi connectivity index (χ3n) is 4.03. The fraction of sp³-hybridized carbons (Fsp3) is 0.538. The molecule has 17 heavy (non-hydrogen) atoms. The molecule has 4 heteroatoms. The van der Waals surface area contributed by atoms with Crippen molar-refractivity contribution in [2.75, 3.05) is 7.11 Å². The van der Waals surface area contributed by atoms with Crippen LogP contribution in [-0.4, -0.2) is 35.2 Å². The first-order chi connectivity index (χ1) is 8.31. The highest BCUT2D eigenvalue weighted by Gasteiger charge is 2.49. The molecular weight excluding hydrogens is 216 g/mol. The van der Waals surface area contributed by atoms with Crippen LogP contribution in [0.25, 0.3) is 0 Å². The van der Waals surface area contributed by atoms with E-state index >= 15 is 0 Å².